The molecule has 1 N–H and O–H groups in total. The Balaban J connectivity index is 1.57. The number of hydrogen-bond donors (Lipinski definition) is 1. The van der Waals surface area contributed by atoms with E-state index < -0.39 is 0 Å². The number of nitrogens with zero attached hydrogens (tertiary/aromatic N) is 2. The lowest BCUT2D eigenvalue weighted by molar-refractivity contribution is -0.115. The molecule has 144 valence electrons. The van der Waals surface area contributed by atoms with Crippen molar-refractivity contribution in [2.24, 2.45) is 0 Å². The number of aryl methyl sites for hydroxylation is 2. The number of nitrogens with one attached hydrogen (secondary N) is 1. The molecule has 28 heavy (non-hydrogen) atoms. The fraction of sp³-hybridized carbons (Fsp3) is 0.304. The fourth-order valence-electron chi connectivity index (χ4n) is 4.04. The van der Waals surface area contributed by atoms with Crippen molar-refractivity contribution in [3.63, 3.8) is 0 Å². The highest BCUT2D eigenvalue weighted by Gasteiger charge is 2.19. The minimum Gasteiger partial charge on any atom is -0.326 e. The van der Waals surface area contributed by atoms with Gasteiger partial charge in [0.1, 0.15) is 11.5 Å². The van der Waals surface area contributed by atoms with E-state index in [9.17, 15) is 9.18 Å². The zero-order valence-electron chi connectivity index (χ0n) is 16.3. The summed E-state index contributed by atoms with van der Waals surface area (Å²) >= 11 is 0. The molecule has 4 rings (SSSR count). The van der Waals surface area contributed by atoms with E-state index in [1.807, 2.05) is 26.0 Å². The zero-order valence-corrected chi connectivity index (χ0v) is 16.3. The van der Waals surface area contributed by atoms with Crippen LogP contribution in [0.4, 0.5) is 10.1 Å². The topological polar surface area (TPSA) is 46.9 Å². The van der Waals surface area contributed by atoms with Crippen LogP contribution in [0, 0.1) is 19.7 Å². The summed E-state index contributed by atoms with van der Waals surface area (Å²) in [6.07, 6.45) is 4.67. The van der Waals surface area contributed by atoms with E-state index in [1.54, 1.807) is 22.9 Å². The van der Waals surface area contributed by atoms with Gasteiger partial charge in [-0.3, -0.25) is 4.79 Å². The maximum Gasteiger partial charge on any atom is 0.228 e. The largest absolute Gasteiger partial charge is 0.326 e. The SMILES string of the molecule is Cc1nn(-c2ccccc2F)c(C)c1CC(=O)Nc1cccc2c1CCCC2. The molecule has 0 radical (unpaired) electrons. The molecule has 4 nitrogen and oxygen atoms in total. The third kappa shape index (κ3) is 3.44. The van der Waals surface area contributed by atoms with Gasteiger partial charge in [-0.2, -0.15) is 5.10 Å². The number of benzene rings is 2. The Labute approximate surface area is 164 Å². The van der Waals surface area contributed by atoms with Crippen molar-refractivity contribution < 1.29 is 9.18 Å². The highest BCUT2D eigenvalue weighted by Crippen LogP contribution is 2.28. The van der Waals surface area contributed by atoms with E-state index in [4.69, 9.17) is 0 Å². The maximum atomic E-state index is 14.2. The van der Waals surface area contributed by atoms with Crippen LogP contribution >= 0.6 is 0 Å². The Morgan fingerprint density at radius 2 is 1.89 bits per heavy atom. The second kappa shape index (κ2) is 7.58. The van der Waals surface area contributed by atoms with E-state index in [1.165, 1.54) is 23.6 Å². The molecule has 1 aliphatic carbocycles. The summed E-state index contributed by atoms with van der Waals surface area (Å²) in [7, 11) is 0. The predicted molar refractivity (Wildman–Crippen MR) is 108 cm³/mol. The van der Waals surface area contributed by atoms with Crippen LogP contribution in [-0.2, 0) is 24.1 Å². The van der Waals surface area contributed by atoms with Crippen LogP contribution in [0.2, 0.25) is 0 Å². The van der Waals surface area contributed by atoms with Crippen molar-refractivity contribution in [1.82, 2.24) is 9.78 Å². The third-order valence-corrected chi connectivity index (χ3v) is 5.53. The van der Waals surface area contributed by atoms with Crippen LogP contribution < -0.4 is 5.32 Å². The molecule has 0 fully saturated rings. The lowest BCUT2D eigenvalue weighted by atomic mass is 9.90. The number of halogens is 1. The summed E-state index contributed by atoms with van der Waals surface area (Å²) in [5, 5.41) is 7.55. The predicted octanol–water partition coefficient (Wildman–Crippen LogP) is 4.69. The van der Waals surface area contributed by atoms with Crippen LogP contribution in [0.1, 0.15) is 40.9 Å². The van der Waals surface area contributed by atoms with Gasteiger partial charge >= 0.3 is 0 Å². The molecule has 0 bridgehead atoms. The normalized spacial score (nSPS) is 13.2. The Morgan fingerprint density at radius 1 is 1.11 bits per heavy atom. The van der Waals surface area contributed by atoms with Gasteiger partial charge < -0.3 is 5.32 Å². The molecule has 3 aromatic rings. The zero-order chi connectivity index (χ0) is 19.7. The van der Waals surface area contributed by atoms with Gasteiger partial charge in [0, 0.05) is 16.9 Å². The minimum atomic E-state index is -0.333. The number of para-hydroxylation sites is 1. The van der Waals surface area contributed by atoms with E-state index in [2.05, 4.69) is 16.5 Å². The lowest BCUT2D eigenvalue weighted by Gasteiger charge is -2.19. The molecule has 0 atom stereocenters. The smallest absolute Gasteiger partial charge is 0.228 e. The molecule has 0 aliphatic heterocycles. The molecule has 0 unspecified atom stereocenters. The Hall–Kier alpha value is -2.95. The number of amides is 1. The van der Waals surface area contributed by atoms with Crippen LogP contribution in [0.5, 0.6) is 0 Å². The summed E-state index contributed by atoms with van der Waals surface area (Å²) in [4.78, 5) is 12.8. The van der Waals surface area contributed by atoms with Gasteiger partial charge in [0.2, 0.25) is 5.91 Å². The highest BCUT2D eigenvalue weighted by molar-refractivity contribution is 5.93. The van der Waals surface area contributed by atoms with Crippen molar-refractivity contribution >= 4 is 11.6 Å². The van der Waals surface area contributed by atoms with Gasteiger partial charge in [-0.25, -0.2) is 9.07 Å². The molecule has 5 heteroatoms. The average molecular weight is 377 g/mol. The fourth-order valence-corrected chi connectivity index (χ4v) is 4.04. The first-order chi connectivity index (χ1) is 13.5. The molecule has 0 spiro atoms. The van der Waals surface area contributed by atoms with Crippen LogP contribution in [0.15, 0.2) is 42.5 Å². The minimum absolute atomic E-state index is 0.0711. The molecule has 1 aromatic heterocycles. The highest BCUT2D eigenvalue weighted by atomic mass is 19.1. The first-order valence-corrected chi connectivity index (χ1v) is 9.75. The molecule has 1 aliphatic rings. The second-order valence-corrected chi connectivity index (χ2v) is 7.39. The first-order valence-electron chi connectivity index (χ1n) is 9.75. The number of hydrogen-bond acceptors (Lipinski definition) is 2. The summed E-state index contributed by atoms with van der Waals surface area (Å²) in [6, 6.07) is 12.7. The second-order valence-electron chi connectivity index (χ2n) is 7.39. The molecular formula is C23H24FN3O. The number of anilines is 1. The van der Waals surface area contributed by atoms with Crippen LogP contribution in [0.25, 0.3) is 5.69 Å². The van der Waals surface area contributed by atoms with E-state index in [0.717, 1.165) is 41.9 Å². The quantitative estimate of drug-likeness (QED) is 0.717. The third-order valence-electron chi connectivity index (χ3n) is 5.53. The first kappa shape index (κ1) is 18.4. The molecular weight excluding hydrogens is 353 g/mol. The van der Waals surface area contributed by atoms with Crippen molar-refractivity contribution in [1.29, 1.82) is 0 Å². The standard InChI is InChI=1S/C23H24FN3O/c1-15-19(16(2)27(26-15)22-13-6-5-11-20(22)24)14-23(28)25-21-12-7-9-17-8-3-4-10-18(17)21/h5-7,9,11-13H,3-4,8,10,14H2,1-2H3,(H,25,28). The number of fused-ring (bicyclic) bond motifs is 1. The summed E-state index contributed by atoms with van der Waals surface area (Å²) in [5.41, 5.74) is 6.27. The molecule has 0 saturated heterocycles. The monoisotopic (exact) mass is 377 g/mol. The molecule has 1 amide bonds. The number of rotatable bonds is 4. The van der Waals surface area contributed by atoms with Gasteiger partial charge in [0.25, 0.3) is 0 Å². The van der Waals surface area contributed by atoms with Crippen molar-refractivity contribution in [2.75, 3.05) is 5.32 Å². The maximum absolute atomic E-state index is 14.2. The van der Waals surface area contributed by atoms with Gasteiger partial charge in [-0.15, -0.1) is 0 Å². The van der Waals surface area contributed by atoms with E-state index in [-0.39, 0.29) is 18.1 Å². The van der Waals surface area contributed by atoms with Crippen molar-refractivity contribution in [3.8, 4) is 5.69 Å². The Morgan fingerprint density at radius 3 is 2.71 bits per heavy atom. The Kier molecular flexibility index (Phi) is 4.99. The van der Waals surface area contributed by atoms with E-state index in [0.29, 0.717) is 5.69 Å². The lowest BCUT2D eigenvalue weighted by Crippen LogP contribution is -2.18. The van der Waals surface area contributed by atoms with Gasteiger partial charge in [0.05, 0.1) is 12.1 Å². The number of carbonyl (C=O) groups is 1. The van der Waals surface area contributed by atoms with Gasteiger partial charge in [0.15, 0.2) is 0 Å². The Bertz CT molecular complexity index is 1040. The summed E-state index contributed by atoms with van der Waals surface area (Å²) in [5.74, 6) is -0.404. The van der Waals surface area contributed by atoms with Crippen LogP contribution in [0.3, 0.4) is 0 Å². The van der Waals surface area contributed by atoms with Crippen LogP contribution in [-0.4, -0.2) is 15.7 Å². The van der Waals surface area contributed by atoms with E-state index >= 15 is 0 Å². The molecule has 1 heterocycles. The summed E-state index contributed by atoms with van der Waals surface area (Å²) in [6.45, 7) is 3.73. The average Bonchev–Trinajstić information content (AvgIpc) is 2.97. The summed E-state index contributed by atoms with van der Waals surface area (Å²) < 4.78 is 15.7. The van der Waals surface area contributed by atoms with Crippen molar-refractivity contribution in [3.05, 3.63) is 76.4 Å². The number of aromatic nitrogens is 2. The van der Waals surface area contributed by atoms with Gasteiger partial charge in [-0.1, -0.05) is 24.3 Å². The number of carbonyl (C=O) groups excluding carboxylic acids is 1. The molecule has 2 aromatic carbocycles. The molecule has 0 saturated carbocycles. The van der Waals surface area contributed by atoms with Crippen molar-refractivity contribution in [2.45, 2.75) is 46.0 Å². The van der Waals surface area contributed by atoms with Gasteiger partial charge in [-0.05, 0) is 68.9 Å².